The average molecular weight is 296 g/mol. The second-order valence-electron chi connectivity index (χ2n) is 5.69. The molecular formula is C18H20N2O2. The van der Waals surface area contributed by atoms with Crippen molar-refractivity contribution in [1.29, 1.82) is 0 Å². The van der Waals surface area contributed by atoms with E-state index in [4.69, 9.17) is 4.74 Å². The molecule has 0 aliphatic heterocycles. The minimum Gasteiger partial charge on any atom is -0.497 e. The summed E-state index contributed by atoms with van der Waals surface area (Å²) in [7, 11) is 1.61. The molecule has 0 radical (unpaired) electrons. The van der Waals surface area contributed by atoms with Crippen LogP contribution in [-0.4, -0.2) is 19.7 Å². The standard InChI is InChI=1S/C18H20N2O2/c1-22-16-9-5-8-15(12-16)20-17(21)19-13-18(10-11-18)14-6-3-2-4-7-14/h2-9,12H,10-11,13H2,1H3,(H2,19,20,21). The van der Waals surface area contributed by atoms with Crippen LogP contribution in [0.1, 0.15) is 18.4 Å². The normalized spacial score (nSPS) is 15.0. The van der Waals surface area contributed by atoms with Gasteiger partial charge in [-0.3, -0.25) is 0 Å². The van der Waals surface area contributed by atoms with Crippen LogP contribution in [0.5, 0.6) is 5.75 Å². The molecule has 1 fully saturated rings. The van der Waals surface area contributed by atoms with Gasteiger partial charge in [-0.15, -0.1) is 0 Å². The fraction of sp³-hybridized carbons (Fsp3) is 0.278. The lowest BCUT2D eigenvalue weighted by molar-refractivity contribution is 0.251. The maximum atomic E-state index is 12.1. The summed E-state index contributed by atoms with van der Waals surface area (Å²) >= 11 is 0. The van der Waals surface area contributed by atoms with Gasteiger partial charge in [0.25, 0.3) is 0 Å². The van der Waals surface area contributed by atoms with Crippen molar-refractivity contribution >= 4 is 11.7 Å². The molecule has 1 aliphatic carbocycles. The van der Waals surface area contributed by atoms with E-state index < -0.39 is 0 Å². The first-order valence-corrected chi connectivity index (χ1v) is 7.46. The molecule has 0 unspecified atom stereocenters. The van der Waals surface area contributed by atoms with Crippen LogP contribution in [0.3, 0.4) is 0 Å². The highest BCUT2D eigenvalue weighted by atomic mass is 16.5. The molecule has 0 bridgehead atoms. The van der Waals surface area contributed by atoms with Crippen LogP contribution in [0.4, 0.5) is 10.5 Å². The number of urea groups is 1. The molecule has 22 heavy (non-hydrogen) atoms. The van der Waals surface area contributed by atoms with E-state index >= 15 is 0 Å². The molecule has 2 N–H and O–H groups in total. The lowest BCUT2D eigenvalue weighted by Gasteiger charge is -2.17. The zero-order valence-corrected chi connectivity index (χ0v) is 12.6. The van der Waals surface area contributed by atoms with Crippen molar-refractivity contribution in [3.63, 3.8) is 0 Å². The van der Waals surface area contributed by atoms with Gasteiger partial charge in [-0.1, -0.05) is 36.4 Å². The van der Waals surface area contributed by atoms with Crippen LogP contribution >= 0.6 is 0 Å². The fourth-order valence-electron chi connectivity index (χ4n) is 2.64. The van der Waals surface area contributed by atoms with Gasteiger partial charge in [-0.25, -0.2) is 4.79 Å². The molecule has 0 saturated heterocycles. The Balaban J connectivity index is 1.56. The highest BCUT2D eigenvalue weighted by molar-refractivity contribution is 5.89. The number of ether oxygens (including phenoxy) is 1. The van der Waals surface area contributed by atoms with Gasteiger partial charge in [0.1, 0.15) is 5.75 Å². The van der Waals surface area contributed by atoms with E-state index in [0.29, 0.717) is 6.54 Å². The fourth-order valence-corrected chi connectivity index (χ4v) is 2.64. The number of amides is 2. The van der Waals surface area contributed by atoms with Gasteiger partial charge in [0.2, 0.25) is 0 Å². The molecule has 0 aromatic heterocycles. The van der Waals surface area contributed by atoms with Crippen LogP contribution in [0.25, 0.3) is 0 Å². The molecule has 4 nitrogen and oxygen atoms in total. The van der Waals surface area contributed by atoms with Crippen LogP contribution < -0.4 is 15.4 Å². The van der Waals surface area contributed by atoms with E-state index in [1.54, 1.807) is 13.2 Å². The summed E-state index contributed by atoms with van der Waals surface area (Å²) in [4.78, 5) is 12.1. The van der Waals surface area contributed by atoms with Crippen molar-refractivity contribution in [3.05, 3.63) is 60.2 Å². The second-order valence-corrected chi connectivity index (χ2v) is 5.69. The molecular weight excluding hydrogens is 276 g/mol. The molecule has 4 heteroatoms. The van der Waals surface area contributed by atoms with E-state index in [-0.39, 0.29) is 11.4 Å². The summed E-state index contributed by atoms with van der Waals surface area (Å²) in [6.07, 6.45) is 2.24. The van der Waals surface area contributed by atoms with E-state index in [1.165, 1.54) is 5.56 Å². The molecule has 1 aliphatic rings. The van der Waals surface area contributed by atoms with Gasteiger partial charge in [-0.2, -0.15) is 0 Å². The SMILES string of the molecule is COc1cccc(NC(=O)NCC2(c3ccccc3)CC2)c1. The molecule has 114 valence electrons. The van der Waals surface area contributed by atoms with Crippen molar-refractivity contribution in [2.24, 2.45) is 0 Å². The number of nitrogens with one attached hydrogen (secondary N) is 2. The van der Waals surface area contributed by atoms with Gasteiger partial charge in [-0.05, 0) is 30.5 Å². The quantitative estimate of drug-likeness (QED) is 0.886. The number of carbonyl (C=O) groups is 1. The van der Waals surface area contributed by atoms with Crippen molar-refractivity contribution in [2.45, 2.75) is 18.3 Å². The van der Waals surface area contributed by atoms with E-state index in [0.717, 1.165) is 24.3 Å². The number of hydrogen-bond donors (Lipinski definition) is 2. The van der Waals surface area contributed by atoms with Crippen LogP contribution in [-0.2, 0) is 5.41 Å². The lowest BCUT2D eigenvalue weighted by Crippen LogP contribution is -2.35. The number of carbonyl (C=O) groups excluding carboxylic acids is 1. The third-order valence-electron chi connectivity index (χ3n) is 4.15. The average Bonchev–Trinajstić information content (AvgIpc) is 3.35. The number of benzene rings is 2. The van der Waals surface area contributed by atoms with Crippen molar-refractivity contribution in [3.8, 4) is 5.75 Å². The minimum atomic E-state index is -0.185. The summed E-state index contributed by atoms with van der Waals surface area (Å²) in [6.45, 7) is 0.660. The third-order valence-corrected chi connectivity index (χ3v) is 4.15. The summed E-state index contributed by atoms with van der Waals surface area (Å²) < 4.78 is 5.15. The Bertz CT molecular complexity index is 651. The first kappa shape index (κ1) is 14.4. The van der Waals surface area contributed by atoms with E-state index in [9.17, 15) is 4.79 Å². The van der Waals surface area contributed by atoms with E-state index in [2.05, 4.69) is 22.8 Å². The predicted molar refractivity (Wildman–Crippen MR) is 87.4 cm³/mol. The first-order valence-electron chi connectivity index (χ1n) is 7.46. The largest absolute Gasteiger partial charge is 0.497 e. The Kier molecular flexibility index (Phi) is 4.00. The zero-order valence-electron chi connectivity index (χ0n) is 12.6. The summed E-state index contributed by atoms with van der Waals surface area (Å²) in [6, 6.07) is 17.5. The molecule has 2 amide bonds. The Morgan fingerprint density at radius 3 is 2.59 bits per heavy atom. The Morgan fingerprint density at radius 2 is 1.91 bits per heavy atom. The molecule has 0 spiro atoms. The van der Waals surface area contributed by atoms with Crippen LogP contribution in [0.15, 0.2) is 54.6 Å². The highest BCUT2D eigenvalue weighted by Crippen LogP contribution is 2.47. The van der Waals surface area contributed by atoms with Gasteiger partial charge in [0.05, 0.1) is 7.11 Å². The number of hydrogen-bond acceptors (Lipinski definition) is 2. The molecule has 2 aromatic rings. The number of methoxy groups -OCH3 is 1. The zero-order chi connectivity index (χ0) is 15.4. The van der Waals surface area contributed by atoms with Gasteiger partial charge >= 0.3 is 6.03 Å². The lowest BCUT2D eigenvalue weighted by atomic mass is 9.96. The van der Waals surface area contributed by atoms with E-state index in [1.807, 2.05) is 36.4 Å². The van der Waals surface area contributed by atoms with Crippen molar-refractivity contribution in [2.75, 3.05) is 19.0 Å². The highest BCUT2D eigenvalue weighted by Gasteiger charge is 2.44. The third kappa shape index (κ3) is 3.22. The first-order chi connectivity index (χ1) is 10.7. The Labute approximate surface area is 130 Å². The molecule has 3 rings (SSSR count). The monoisotopic (exact) mass is 296 g/mol. The summed E-state index contributed by atoms with van der Waals surface area (Å²) in [5.41, 5.74) is 2.14. The van der Waals surface area contributed by atoms with Crippen molar-refractivity contribution < 1.29 is 9.53 Å². The van der Waals surface area contributed by atoms with Gasteiger partial charge in [0.15, 0.2) is 0 Å². The van der Waals surface area contributed by atoms with Crippen molar-refractivity contribution in [1.82, 2.24) is 5.32 Å². The topological polar surface area (TPSA) is 50.4 Å². The Morgan fingerprint density at radius 1 is 1.14 bits per heavy atom. The second kappa shape index (κ2) is 6.10. The van der Waals surface area contributed by atoms with Gasteiger partial charge in [0, 0.05) is 23.7 Å². The van der Waals surface area contributed by atoms with Crippen LogP contribution in [0, 0.1) is 0 Å². The maximum Gasteiger partial charge on any atom is 0.319 e. The predicted octanol–water partition coefficient (Wildman–Crippen LogP) is 3.55. The molecule has 2 aromatic carbocycles. The Hall–Kier alpha value is -2.49. The molecule has 1 saturated carbocycles. The minimum absolute atomic E-state index is 0.118. The van der Waals surface area contributed by atoms with Gasteiger partial charge < -0.3 is 15.4 Å². The van der Waals surface area contributed by atoms with Crippen LogP contribution in [0.2, 0.25) is 0 Å². The smallest absolute Gasteiger partial charge is 0.319 e. The number of rotatable bonds is 5. The maximum absolute atomic E-state index is 12.1. The number of anilines is 1. The molecule has 0 atom stereocenters. The summed E-state index contributed by atoms with van der Waals surface area (Å²) in [5, 5.41) is 5.82. The molecule has 0 heterocycles. The summed E-state index contributed by atoms with van der Waals surface area (Å²) in [5.74, 6) is 0.723.